The Hall–Kier alpha value is -4.80. The molecule has 0 amide bonds. The number of fused-ring (bicyclic) bond motifs is 1. The van der Waals surface area contributed by atoms with Crippen LogP contribution in [0.25, 0.3) is 5.78 Å². The summed E-state index contributed by atoms with van der Waals surface area (Å²) in [5.41, 5.74) is 8.25. The van der Waals surface area contributed by atoms with Gasteiger partial charge >= 0.3 is 5.97 Å². The molecule has 0 spiro atoms. The number of aromatic nitrogens is 7. The number of nitrogen functional groups attached to an aromatic ring is 1. The van der Waals surface area contributed by atoms with Crippen molar-refractivity contribution in [3.8, 4) is 0 Å². The van der Waals surface area contributed by atoms with E-state index < -0.39 is 5.92 Å². The van der Waals surface area contributed by atoms with E-state index in [4.69, 9.17) is 10.5 Å². The Balaban J connectivity index is 0.000000236. The summed E-state index contributed by atoms with van der Waals surface area (Å²) in [6, 6.07) is 19.9. The molecular formula is C29H34N8O3. The van der Waals surface area contributed by atoms with Crippen LogP contribution in [0.4, 0.5) is 5.95 Å². The first-order chi connectivity index (χ1) is 19.4. The number of aryl methyl sites for hydroxylation is 1. The molecule has 208 valence electrons. The first-order valence-electron chi connectivity index (χ1n) is 13.3. The maximum absolute atomic E-state index is 13.1. The Morgan fingerprint density at radius 2 is 1.57 bits per heavy atom. The quantitative estimate of drug-likeness (QED) is 0.238. The summed E-state index contributed by atoms with van der Waals surface area (Å²) >= 11 is 0. The molecule has 0 saturated carbocycles. The molecule has 3 aromatic heterocycles. The highest BCUT2D eigenvalue weighted by Gasteiger charge is 2.28. The number of nitrogens with two attached hydrogens (primary N) is 1. The lowest BCUT2D eigenvalue weighted by atomic mass is 9.94. The SMILES string of the molecule is CCCC(C(=O)OCC)c1c(C)nc2nc(Cc3ccccc3)[nH]n2c1=O.Nc1n[nH]c(Cc2ccccc2)n1. The number of hydrogen-bond acceptors (Lipinski definition) is 8. The summed E-state index contributed by atoms with van der Waals surface area (Å²) in [6.45, 7) is 5.75. The zero-order valence-electron chi connectivity index (χ0n) is 22.9. The number of H-pyrrole nitrogens is 2. The highest BCUT2D eigenvalue weighted by Crippen LogP contribution is 2.23. The summed E-state index contributed by atoms with van der Waals surface area (Å²) in [5, 5.41) is 9.55. The van der Waals surface area contributed by atoms with Gasteiger partial charge in [0.25, 0.3) is 11.3 Å². The fourth-order valence-corrected chi connectivity index (χ4v) is 4.44. The Morgan fingerprint density at radius 3 is 2.12 bits per heavy atom. The minimum Gasteiger partial charge on any atom is -0.466 e. The Morgan fingerprint density at radius 1 is 0.950 bits per heavy atom. The first-order valence-corrected chi connectivity index (χ1v) is 13.3. The topological polar surface area (TPSA) is 157 Å². The number of benzene rings is 2. The van der Waals surface area contributed by atoms with E-state index in [0.29, 0.717) is 41.6 Å². The van der Waals surface area contributed by atoms with Crippen molar-refractivity contribution in [2.45, 2.75) is 52.4 Å². The molecule has 0 aliphatic rings. The molecule has 0 fully saturated rings. The van der Waals surface area contributed by atoms with Crippen molar-refractivity contribution in [1.29, 1.82) is 0 Å². The summed E-state index contributed by atoms with van der Waals surface area (Å²) < 4.78 is 6.50. The van der Waals surface area contributed by atoms with Gasteiger partial charge in [0.1, 0.15) is 11.6 Å². The molecule has 3 heterocycles. The lowest BCUT2D eigenvalue weighted by Crippen LogP contribution is -2.29. The van der Waals surface area contributed by atoms with Gasteiger partial charge in [-0.25, -0.2) is 4.98 Å². The molecule has 4 N–H and O–H groups in total. The van der Waals surface area contributed by atoms with E-state index in [-0.39, 0.29) is 18.1 Å². The molecular weight excluding hydrogens is 508 g/mol. The lowest BCUT2D eigenvalue weighted by Gasteiger charge is -2.15. The zero-order chi connectivity index (χ0) is 28.5. The standard InChI is InChI=1S/C20H24N4O3.C9H10N4/c1-4-9-15(19(26)27-5-2)17-13(3)21-20-22-16(23-24(20)18(17)25)12-14-10-7-6-8-11-14;10-9-11-8(12-13-9)6-7-4-2-1-3-5-7/h6-8,10-11,15H,4-5,9,12H2,1-3H3,(H,21,22,23);1-5H,6H2,(H3,10,11,12,13). The Bertz CT molecular complexity index is 1590. The zero-order valence-corrected chi connectivity index (χ0v) is 22.9. The van der Waals surface area contributed by atoms with Crippen molar-refractivity contribution in [3.63, 3.8) is 0 Å². The van der Waals surface area contributed by atoms with Crippen molar-refractivity contribution in [1.82, 2.24) is 34.8 Å². The molecule has 2 aromatic carbocycles. The molecule has 40 heavy (non-hydrogen) atoms. The van der Waals surface area contributed by atoms with Gasteiger partial charge < -0.3 is 10.5 Å². The number of nitrogens with zero attached hydrogens (tertiary/aromatic N) is 5. The van der Waals surface area contributed by atoms with Gasteiger partial charge in [-0.2, -0.15) is 14.5 Å². The van der Waals surface area contributed by atoms with Crippen LogP contribution in [0.3, 0.4) is 0 Å². The highest BCUT2D eigenvalue weighted by molar-refractivity contribution is 5.78. The average Bonchev–Trinajstić information content (AvgIpc) is 3.55. The number of rotatable bonds is 9. The van der Waals surface area contributed by atoms with Crippen LogP contribution in [0, 0.1) is 6.92 Å². The van der Waals surface area contributed by atoms with Gasteiger partial charge in [0.15, 0.2) is 0 Å². The van der Waals surface area contributed by atoms with Crippen molar-refractivity contribution in [2.75, 3.05) is 12.3 Å². The van der Waals surface area contributed by atoms with Gasteiger partial charge in [-0.05, 0) is 31.4 Å². The molecule has 0 bridgehead atoms. The number of carbonyl (C=O) groups is 1. The van der Waals surface area contributed by atoms with E-state index in [9.17, 15) is 9.59 Å². The van der Waals surface area contributed by atoms with E-state index in [1.165, 1.54) is 10.1 Å². The molecule has 0 radical (unpaired) electrons. The molecule has 0 saturated heterocycles. The maximum Gasteiger partial charge on any atom is 0.313 e. The predicted octanol–water partition coefficient (Wildman–Crippen LogP) is 3.74. The molecule has 5 rings (SSSR count). The molecule has 1 atom stereocenters. The average molecular weight is 543 g/mol. The minimum absolute atomic E-state index is 0.278. The molecule has 0 aliphatic carbocycles. The van der Waals surface area contributed by atoms with E-state index in [1.807, 2.05) is 67.6 Å². The van der Waals surface area contributed by atoms with Gasteiger partial charge in [0.2, 0.25) is 5.95 Å². The van der Waals surface area contributed by atoms with Crippen LogP contribution >= 0.6 is 0 Å². The van der Waals surface area contributed by atoms with Crippen molar-refractivity contribution in [2.24, 2.45) is 0 Å². The first kappa shape index (κ1) is 28.2. The summed E-state index contributed by atoms with van der Waals surface area (Å²) in [5.74, 6) is 1.05. The number of esters is 1. The third-order valence-corrected chi connectivity index (χ3v) is 6.24. The van der Waals surface area contributed by atoms with Crippen LogP contribution in [0.2, 0.25) is 0 Å². The molecule has 5 aromatic rings. The van der Waals surface area contributed by atoms with E-state index in [2.05, 4.69) is 30.2 Å². The second-order valence-electron chi connectivity index (χ2n) is 9.28. The molecule has 11 nitrogen and oxygen atoms in total. The second-order valence-corrected chi connectivity index (χ2v) is 9.28. The highest BCUT2D eigenvalue weighted by atomic mass is 16.5. The fourth-order valence-electron chi connectivity index (χ4n) is 4.44. The number of carbonyl (C=O) groups excluding carboxylic acids is 1. The molecule has 11 heteroatoms. The van der Waals surface area contributed by atoms with Crippen LogP contribution in [0.5, 0.6) is 0 Å². The van der Waals surface area contributed by atoms with Crippen LogP contribution in [-0.4, -0.2) is 47.3 Å². The molecule has 0 aliphatic heterocycles. The van der Waals surface area contributed by atoms with Crippen LogP contribution in [-0.2, 0) is 22.4 Å². The van der Waals surface area contributed by atoms with Crippen LogP contribution in [0.15, 0.2) is 65.5 Å². The normalized spacial score (nSPS) is 11.6. The van der Waals surface area contributed by atoms with E-state index in [0.717, 1.165) is 24.2 Å². The van der Waals surface area contributed by atoms with Gasteiger partial charge in [0, 0.05) is 12.8 Å². The third kappa shape index (κ3) is 6.99. The smallest absolute Gasteiger partial charge is 0.313 e. The largest absolute Gasteiger partial charge is 0.466 e. The number of anilines is 1. The van der Waals surface area contributed by atoms with Gasteiger partial charge in [-0.1, -0.05) is 74.0 Å². The second kappa shape index (κ2) is 13.3. The van der Waals surface area contributed by atoms with E-state index >= 15 is 0 Å². The summed E-state index contributed by atoms with van der Waals surface area (Å²) in [6.07, 6.45) is 2.60. The maximum atomic E-state index is 13.1. The predicted molar refractivity (Wildman–Crippen MR) is 152 cm³/mol. The number of nitrogens with one attached hydrogen (secondary N) is 2. The van der Waals surface area contributed by atoms with Crippen molar-refractivity contribution >= 4 is 17.7 Å². The monoisotopic (exact) mass is 542 g/mol. The van der Waals surface area contributed by atoms with Gasteiger partial charge in [0.05, 0.1) is 23.8 Å². The van der Waals surface area contributed by atoms with Crippen molar-refractivity contribution < 1.29 is 9.53 Å². The van der Waals surface area contributed by atoms with Gasteiger partial charge in [-0.3, -0.25) is 19.8 Å². The third-order valence-electron chi connectivity index (χ3n) is 6.24. The Labute approximate surface area is 231 Å². The van der Waals surface area contributed by atoms with Gasteiger partial charge in [-0.15, -0.1) is 5.10 Å². The van der Waals surface area contributed by atoms with Crippen molar-refractivity contribution in [3.05, 3.63) is 105 Å². The van der Waals surface area contributed by atoms with Crippen LogP contribution in [0.1, 0.15) is 66.6 Å². The minimum atomic E-state index is -0.618. The number of aromatic amines is 2. The number of ether oxygens (including phenoxy) is 1. The fraction of sp³-hybridized carbons (Fsp3) is 0.310. The summed E-state index contributed by atoms with van der Waals surface area (Å²) in [4.78, 5) is 38.4. The lowest BCUT2D eigenvalue weighted by molar-refractivity contribution is -0.145. The van der Waals surface area contributed by atoms with E-state index in [1.54, 1.807) is 13.8 Å². The summed E-state index contributed by atoms with van der Waals surface area (Å²) in [7, 11) is 0. The van der Waals surface area contributed by atoms with Crippen LogP contribution < -0.4 is 11.3 Å². The Kier molecular flexibility index (Phi) is 9.39. The number of hydrogen-bond donors (Lipinski definition) is 3. The molecule has 1 unspecified atom stereocenters.